The summed E-state index contributed by atoms with van der Waals surface area (Å²) in [6, 6.07) is 17.4. The van der Waals surface area contributed by atoms with Gasteiger partial charge in [-0.25, -0.2) is 4.98 Å². The van der Waals surface area contributed by atoms with Gasteiger partial charge < -0.3 is 0 Å². The van der Waals surface area contributed by atoms with Crippen LogP contribution in [0.2, 0.25) is 10.0 Å². The van der Waals surface area contributed by atoms with Crippen molar-refractivity contribution >= 4 is 23.2 Å². The fraction of sp³-hybridized carbons (Fsp3) is 0.167. The standard InChI is InChI=1S/C18H14Cl2N4/c19-16-5-1-14(2-6-16)9-18(10-21,11-24-13-22-12-23-24)15-3-7-17(20)8-4-15/h1-8,12-13H,9,11H2. The maximum atomic E-state index is 10.0. The van der Waals surface area contributed by atoms with Crippen molar-refractivity contribution in [2.75, 3.05) is 0 Å². The third kappa shape index (κ3) is 3.59. The van der Waals surface area contributed by atoms with E-state index in [-0.39, 0.29) is 0 Å². The Kier molecular flexibility index (Phi) is 4.84. The summed E-state index contributed by atoms with van der Waals surface area (Å²) in [6.07, 6.45) is 3.61. The van der Waals surface area contributed by atoms with E-state index in [2.05, 4.69) is 16.2 Å². The zero-order valence-electron chi connectivity index (χ0n) is 12.7. The van der Waals surface area contributed by atoms with Crippen molar-refractivity contribution in [1.82, 2.24) is 14.8 Å². The second kappa shape index (κ2) is 7.04. The van der Waals surface area contributed by atoms with E-state index in [0.717, 1.165) is 11.1 Å². The van der Waals surface area contributed by atoms with Crippen LogP contribution in [0.4, 0.5) is 0 Å². The lowest BCUT2D eigenvalue weighted by molar-refractivity contribution is 0.425. The lowest BCUT2D eigenvalue weighted by atomic mass is 9.76. The molecule has 0 aliphatic carbocycles. The van der Waals surface area contributed by atoms with Crippen LogP contribution in [-0.4, -0.2) is 14.8 Å². The first-order chi connectivity index (χ1) is 11.6. The van der Waals surface area contributed by atoms with Gasteiger partial charge in [0.05, 0.1) is 12.6 Å². The Morgan fingerprint density at radius 1 is 1.00 bits per heavy atom. The van der Waals surface area contributed by atoms with Gasteiger partial charge in [-0.05, 0) is 41.8 Å². The predicted octanol–water partition coefficient (Wildman–Crippen LogP) is 4.29. The molecule has 0 saturated carbocycles. The van der Waals surface area contributed by atoms with Gasteiger partial charge in [0.2, 0.25) is 0 Å². The van der Waals surface area contributed by atoms with E-state index in [9.17, 15) is 5.26 Å². The van der Waals surface area contributed by atoms with Crippen molar-refractivity contribution in [3.8, 4) is 6.07 Å². The third-order valence-corrected chi connectivity index (χ3v) is 4.43. The Morgan fingerprint density at radius 2 is 1.62 bits per heavy atom. The SMILES string of the molecule is N#CC(Cc1ccc(Cl)cc1)(Cn1cncn1)c1ccc(Cl)cc1. The zero-order valence-corrected chi connectivity index (χ0v) is 14.2. The molecule has 2 aromatic carbocycles. The Labute approximate surface area is 150 Å². The molecule has 0 N–H and O–H groups in total. The molecule has 0 radical (unpaired) electrons. The van der Waals surface area contributed by atoms with E-state index >= 15 is 0 Å². The molecule has 1 atom stereocenters. The molecule has 0 spiro atoms. The first-order valence-corrected chi connectivity index (χ1v) is 8.11. The Hall–Kier alpha value is -2.35. The van der Waals surface area contributed by atoms with Crippen molar-refractivity contribution in [3.63, 3.8) is 0 Å². The molecule has 0 fully saturated rings. The van der Waals surface area contributed by atoms with Crippen LogP contribution >= 0.6 is 23.2 Å². The van der Waals surface area contributed by atoms with Crippen LogP contribution < -0.4 is 0 Å². The maximum absolute atomic E-state index is 10.0. The summed E-state index contributed by atoms with van der Waals surface area (Å²) in [5.74, 6) is 0. The number of nitriles is 1. The van der Waals surface area contributed by atoms with E-state index in [1.54, 1.807) is 23.1 Å². The van der Waals surface area contributed by atoms with Gasteiger partial charge in [0.1, 0.15) is 18.1 Å². The first kappa shape index (κ1) is 16.5. The second-order valence-electron chi connectivity index (χ2n) is 5.60. The van der Waals surface area contributed by atoms with Gasteiger partial charge in [0.25, 0.3) is 0 Å². The molecule has 24 heavy (non-hydrogen) atoms. The minimum atomic E-state index is -0.786. The van der Waals surface area contributed by atoms with E-state index in [0.29, 0.717) is 23.0 Å². The van der Waals surface area contributed by atoms with Crippen molar-refractivity contribution in [1.29, 1.82) is 5.26 Å². The molecule has 120 valence electrons. The average molecular weight is 357 g/mol. The van der Waals surface area contributed by atoms with E-state index < -0.39 is 5.41 Å². The lowest BCUT2D eigenvalue weighted by Gasteiger charge is -2.27. The maximum Gasteiger partial charge on any atom is 0.137 e. The molecule has 1 heterocycles. The fourth-order valence-electron chi connectivity index (χ4n) is 2.70. The normalized spacial score (nSPS) is 13.2. The number of nitrogens with zero attached hydrogens (tertiary/aromatic N) is 4. The monoisotopic (exact) mass is 356 g/mol. The molecule has 0 aliphatic rings. The third-order valence-electron chi connectivity index (χ3n) is 3.93. The van der Waals surface area contributed by atoms with Gasteiger partial charge in [-0.2, -0.15) is 10.4 Å². The summed E-state index contributed by atoms with van der Waals surface area (Å²) >= 11 is 12.0. The summed E-state index contributed by atoms with van der Waals surface area (Å²) in [6.45, 7) is 0.397. The average Bonchev–Trinajstić information content (AvgIpc) is 3.10. The molecule has 0 aliphatic heterocycles. The van der Waals surface area contributed by atoms with Crippen molar-refractivity contribution < 1.29 is 0 Å². The van der Waals surface area contributed by atoms with Crippen molar-refractivity contribution in [2.45, 2.75) is 18.4 Å². The van der Waals surface area contributed by atoms with Crippen LogP contribution in [0.5, 0.6) is 0 Å². The van der Waals surface area contributed by atoms with Crippen LogP contribution in [0.15, 0.2) is 61.2 Å². The largest absolute Gasteiger partial charge is 0.251 e. The Bertz CT molecular complexity index is 836. The van der Waals surface area contributed by atoms with Crippen LogP contribution in [0.3, 0.4) is 0 Å². The number of rotatable bonds is 5. The molecule has 0 saturated heterocycles. The van der Waals surface area contributed by atoms with Gasteiger partial charge in [0.15, 0.2) is 0 Å². The smallest absolute Gasteiger partial charge is 0.137 e. The van der Waals surface area contributed by atoms with Crippen molar-refractivity contribution in [2.24, 2.45) is 0 Å². The molecule has 1 unspecified atom stereocenters. The topological polar surface area (TPSA) is 54.5 Å². The van der Waals surface area contributed by atoms with Crippen LogP contribution in [0.1, 0.15) is 11.1 Å². The molecular weight excluding hydrogens is 343 g/mol. The molecular formula is C18H14Cl2N4. The highest BCUT2D eigenvalue weighted by Gasteiger charge is 2.34. The molecule has 1 aromatic heterocycles. The number of aromatic nitrogens is 3. The highest BCUT2D eigenvalue weighted by Crippen LogP contribution is 2.31. The van der Waals surface area contributed by atoms with Gasteiger partial charge >= 0.3 is 0 Å². The van der Waals surface area contributed by atoms with Crippen LogP contribution in [-0.2, 0) is 18.4 Å². The Balaban J connectivity index is 2.02. The molecule has 6 heteroatoms. The second-order valence-corrected chi connectivity index (χ2v) is 6.47. The predicted molar refractivity (Wildman–Crippen MR) is 93.9 cm³/mol. The summed E-state index contributed by atoms with van der Waals surface area (Å²) in [5, 5.41) is 15.5. The summed E-state index contributed by atoms with van der Waals surface area (Å²) in [7, 11) is 0. The minimum Gasteiger partial charge on any atom is -0.251 e. The molecule has 3 rings (SSSR count). The van der Waals surface area contributed by atoms with E-state index in [1.807, 2.05) is 36.4 Å². The van der Waals surface area contributed by atoms with Crippen LogP contribution in [0.25, 0.3) is 0 Å². The van der Waals surface area contributed by atoms with Gasteiger partial charge in [-0.15, -0.1) is 0 Å². The minimum absolute atomic E-state index is 0.397. The Morgan fingerprint density at radius 3 is 2.17 bits per heavy atom. The molecule has 4 nitrogen and oxygen atoms in total. The molecule has 3 aromatic rings. The number of halogens is 2. The van der Waals surface area contributed by atoms with Gasteiger partial charge in [0, 0.05) is 10.0 Å². The van der Waals surface area contributed by atoms with Gasteiger partial charge in [-0.3, -0.25) is 4.68 Å². The van der Waals surface area contributed by atoms with Crippen LogP contribution in [0, 0.1) is 11.3 Å². The number of benzene rings is 2. The quantitative estimate of drug-likeness (QED) is 0.685. The highest BCUT2D eigenvalue weighted by atomic mass is 35.5. The van der Waals surface area contributed by atoms with E-state index in [4.69, 9.17) is 23.2 Å². The summed E-state index contributed by atoms with van der Waals surface area (Å²) < 4.78 is 1.67. The summed E-state index contributed by atoms with van der Waals surface area (Å²) in [5.41, 5.74) is 1.13. The first-order valence-electron chi connectivity index (χ1n) is 7.35. The summed E-state index contributed by atoms with van der Waals surface area (Å²) in [4.78, 5) is 3.97. The molecule has 0 amide bonds. The molecule has 0 bridgehead atoms. The van der Waals surface area contributed by atoms with Crippen molar-refractivity contribution in [3.05, 3.63) is 82.4 Å². The van der Waals surface area contributed by atoms with E-state index in [1.165, 1.54) is 6.33 Å². The fourth-order valence-corrected chi connectivity index (χ4v) is 2.95. The highest BCUT2D eigenvalue weighted by molar-refractivity contribution is 6.30. The number of hydrogen-bond acceptors (Lipinski definition) is 3. The lowest BCUT2D eigenvalue weighted by Crippen LogP contribution is -2.33. The van der Waals surface area contributed by atoms with Gasteiger partial charge in [-0.1, -0.05) is 47.5 Å². The zero-order chi connectivity index (χ0) is 17.0. The number of hydrogen-bond donors (Lipinski definition) is 0.